The number of nitrogens with one attached hydrogen (secondary N) is 1. The van der Waals surface area contributed by atoms with Gasteiger partial charge in [-0.3, -0.25) is 14.6 Å². The molecule has 1 amide bonds. The van der Waals surface area contributed by atoms with Crippen molar-refractivity contribution in [1.29, 1.82) is 0 Å². The molecule has 0 bridgehead atoms. The summed E-state index contributed by atoms with van der Waals surface area (Å²) in [7, 11) is 0. The number of nitrogens with zero attached hydrogens (tertiary/aromatic N) is 2. The smallest absolute Gasteiger partial charge is 0.238 e. The summed E-state index contributed by atoms with van der Waals surface area (Å²) in [5, 5.41) is 5.39. The van der Waals surface area contributed by atoms with E-state index in [-0.39, 0.29) is 5.91 Å². The fourth-order valence-electron chi connectivity index (χ4n) is 3.85. The van der Waals surface area contributed by atoms with Crippen LogP contribution in [0, 0.1) is 0 Å². The Balaban J connectivity index is 1.29. The highest BCUT2D eigenvalue weighted by molar-refractivity contribution is 5.95. The number of hydrogen-bond donors (Lipinski definition) is 1. The molecule has 4 heteroatoms. The van der Waals surface area contributed by atoms with Gasteiger partial charge < -0.3 is 5.32 Å². The molecule has 1 heterocycles. The van der Waals surface area contributed by atoms with E-state index in [4.69, 9.17) is 0 Å². The van der Waals surface area contributed by atoms with Crippen molar-refractivity contribution in [1.82, 2.24) is 9.80 Å². The third-order valence-electron chi connectivity index (χ3n) is 5.33. The van der Waals surface area contributed by atoms with Crippen molar-refractivity contribution in [2.45, 2.75) is 13.0 Å². The summed E-state index contributed by atoms with van der Waals surface area (Å²) < 4.78 is 0. The van der Waals surface area contributed by atoms with E-state index in [0.717, 1.165) is 50.2 Å². The topological polar surface area (TPSA) is 35.6 Å². The van der Waals surface area contributed by atoms with Crippen LogP contribution in [-0.4, -0.2) is 48.4 Å². The first-order valence-electron chi connectivity index (χ1n) is 10.0. The van der Waals surface area contributed by atoms with E-state index >= 15 is 0 Å². The minimum Gasteiger partial charge on any atom is -0.325 e. The molecule has 3 aromatic rings. The second-order valence-electron chi connectivity index (χ2n) is 7.50. The predicted molar refractivity (Wildman–Crippen MR) is 115 cm³/mol. The average Bonchev–Trinajstić information content (AvgIpc) is 2.93. The fraction of sp³-hybridized carbons (Fsp3) is 0.292. The molecular formula is C24H27N3O. The quantitative estimate of drug-likeness (QED) is 0.735. The van der Waals surface area contributed by atoms with Gasteiger partial charge in [0.1, 0.15) is 0 Å². The average molecular weight is 374 g/mol. The molecule has 0 atom stereocenters. The molecule has 144 valence electrons. The third-order valence-corrected chi connectivity index (χ3v) is 5.33. The van der Waals surface area contributed by atoms with Gasteiger partial charge in [-0.2, -0.15) is 0 Å². The third kappa shape index (κ3) is 4.97. The molecule has 3 aromatic carbocycles. The van der Waals surface area contributed by atoms with E-state index in [0.29, 0.717) is 6.54 Å². The van der Waals surface area contributed by atoms with Crippen molar-refractivity contribution in [3.8, 4) is 0 Å². The van der Waals surface area contributed by atoms with E-state index in [9.17, 15) is 4.79 Å². The lowest BCUT2D eigenvalue weighted by Crippen LogP contribution is -2.36. The van der Waals surface area contributed by atoms with Gasteiger partial charge in [0.2, 0.25) is 5.91 Å². The zero-order valence-corrected chi connectivity index (χ0v) is 16.2. The van der Waals surface area contributed by atoms with Crippen LogP contribution in [0.15, 0.2) is 72.8 Å². The Morgan fingerprint density at radius 1 is 0.786 bits per heavy atom. The normalized spacial score (nSPS) is 16.0. The summed E-state index contributed by atoms with van der Waals surface area (Å²) in [5.74, 6) is 0.0618. The Morgan fingerprint density at radius 3 is 2.36 bits per heavy atom. The Hall–Kier alpha value is -2.69. The van der Waals surface area contributed by atoms with E-state index < -0.39 is 0 Å². The number of amides is 1. The first kappa shape index (κ1) is 18.7. The van der Waals surface area contributed by atoms with Crippen LogP contribution in [0.2, 0.25) is 0 Å². The molecule has 0 aliphatic carbocycles. The van der Waals surface area contributed by atoms with Crippen LogP contribution in [0.4, 0.5) is 5.69 Å². The molecule has 1 aliphatic rings. The van der Waals surface area contributed by atoms with Crippen molar-refractivity contribution in [2.24, 2.45) is 0 Å². The lowest BCUT2D eigenvalue weighted by molar-refractivity contribution is -0.117. The summed E-state index contributed by atoms with van der Waals surface area (Å²) >= 11 is 0. The Labute approximate surface area is 166 Å². The van der Waals surface area contributed by atoms with E-state index in [1.165, 1.54) is 10.9 Å². The van der Waals surface area contributed by atoms with Gasteiger partial charge in [0, 0.05) is 25.3 Å². The van der Waals surface area contributed by atoms with Gasteiger partial charge in [-0.15, -0.1) is 0 Å². The minimum atomic E-state index is 0.0618. The van der Waals surface area contributed by atoms with E-state index in [1.807, 2.05) is 24.3 Å². The van der Waals surface area contributed by atoms with Gasteiger partial charge in [-0.1, -0.05) is 60.7 Å². The lowest BCUT2D eigenvalue weighted by atomic mass is 10.1. The molecule has 4 nitrogen and oxygen atoms in total. The van der Waals surface area contributed by atoms with Crippen molar-refractivity contribution < 1.29 is 4.79 Å². The van der Waals surface area contributed by atoms with Crippen LogP contribution in [0.25, 0.3) is 10.8 Å². The van der Waals surface area contributed by atoms with E-state index in [2.05, 4.69) is 63.6 Å². The van der Waals surface area contributed by atoms with Gasteiger partial charge in [-0.25, -0.2) is 0 Å². The van der Waals surface area contributed by atoms with Gasteiger partial charge in [0.15, 0.2) is 0 Å². The first-order valence-corrected chi connectivity index (χ1v) is 10.0. The van der Waals surface area contributed by atoms with Crippen LogP contribution in [0.3, 0.4) is 0 Å². The van der Waals surface area contributed by atoms with Crippen molar-refractivity contribution in [3.05, 3.63) is 78.4 Å². The number of anilines is 1. The molecule has 28 heavy (non-hydrogen) atoms. The number of benzene rings is 3. The van der Waals surface area contributed by atoms with Gasteiger partial charge in [-0.05, 0) is 48.0 Å². The van der Waals surface area contributed by atoms with E-state index in [1.54, 1.807) is 0 Å². The summed E-state index contributed by atoms with van der Waals surface area (Å²) in [6.45, 7) is 5.41. The molecule has 0 spiro atoms. The molecule has 1 fully saturated rings. The molecule has 4 rings (SSSR count). The maximum absolute atomic E-state index is 12.5. The highest BCUT2D eigenvalue weighted by Gasteiger charge is 2.17. The Kier molecular flexibility index (Phi) is 6.00. The van der Waals surface area contributed by atoms with Crippen LogP contribution >= 0.6 is 0 Å². The van der Waals surface area contributed by atoms with Gasteiger partial charge in [0.05, 0.1) is 6.54 Å². The van der Waals surface area contributed by atoms with Crippen molar-refractivity contribution in [2.75, 3.05) is 38.0 Å². The molecule has 0 radical (unpaired) electrons. The summed E-state index contributed by atoms with van der Waals surface area (Å²) in [6, 6.07) is 24.9. The van der Waals surface area contributed by atoms with Crippen LogP contribution < -0.4 is 5.32 Å². The maximum atomic E-state index is 12.5. The first-order chi connectivity index (χ1) is 13.8. The highest BCUT2D eigenvalue weighted by Crippen LogP contribution is 2.19. The monoisotopic (exact) mass is 373 g/mol. The SMILES string of the molecule is O=C(CN1CCCN(Cc2ccccc2)CC1)Nc1ccc2ccccc2c1. The molecule has 1 N–H and O–H groups in total. The maximum Gasteiger partial charge on any atom is 0.238 e. The molecule has 1 saturated heterocycles. The largest absolute Gasteiger partial charge is 0.325 e. The summed E-state index contributed by atoms with van der Waals surface area (Å²) in [4.78, 5) is 17.3. The molecule has 0 saturated carbocycles. The second kappa shape index (κ2) is 9.00. The van der Waals surface area contributed by atoms with Crippen LogP contribution in [0.5, 0.6) is 0 Å². The number of carbonyl (C=O) groups excluding carboxylic acids is 1. The second-order valence-corrected chi connectivity index (χ2v) is 7.50. The van der Waals surface area contributed by atoms with Gasteiger partial charge >= 0.3 is 0 Å². The minimum absolute atomic E-state index is 0.0618. The fourth-order valence-corrected chi connectivity index (χ4v) is 3.85. The zero-order valence-electron chi connectivity index (χ0n) is 16.2. The standard InChI is InChI=1S/C24H27N3O/c28-24(25-23-12-11-21-9-4-5-10-22(21)17-23)19-27-14-6-13-26(15-16-27)18-20-7-2-1-3-8-20/h1-5,7-12,17H,6,13-16,18-19H2,(H,25,28). The number of rotatable bonds is 5. The van der Waals surface area contributed by atoms with Crippen LogP contribution in [-0.2, 0) is 11.3 Å². The molecule has 1 aliphatic heterocycles. The van der Waals surface area contributed by atoms with Gasteiger partial charge in [0.25, 0.3) is 0 Å². The number of hydrogen-bond acceptors (Lipinski definition) is 3. The Bertz CT molecular complexity index is 925. The predicted octanol–water partition coefficient (Wildman–Crippen LogP) is 3.99. The lowest BCUT2D eigenvalue weighted by Gasteiger charge is -2.21. The summed E-state index contributed by atoms with van der Waals surface area (Å²) in [5.41, 5.74) is 2.22. The highest BCUT2D eigenvalue weighted by atomic mass is 16.2. The molecule has 0 aromatic heterocycles. The number of fused-ring (bicyclic) bond motifs is 1. The zero-order chi connectivity index (χ0) is 19.2. The summed E-state index contributed by atoms with van der Waals surface area (Å²) in [6.07, 6.45) is 1.09. The number of carbonyl (C=O) groups is 1. The van der Waals surface area contributed by atoms with Crippen molar-refractivity contribution >= 4 is 22.4 Å². The molecule has 0 unspecified atom stereocenters. The molecular weight excluding hydrogens is 346 g/mol. The van der Waals surface area contributed by atoms with Crippen molar-refractivity contribution in [3.63, 3.8) is 0 Å². The Morgan fingerprint density at radius 2 is 1.50 bits per heavy atom. The van der Waals surface area contributed by atoms with Crippen LogP contribution in [0.1, 0.15) is 12.0 Å².